The minimum atomic E-state index is 0.0976. The van der Waals surface area contributed by atoms with Gasteiger partial charge in [-0.05, 0) is 112 Å². The van der Waals surface area contributed by atoms with E-state index in [0.717, 1.165) is 45.8 Å². The Labute approximate surface area is 249 Å². The van der Waals surface area contributed by atoms with E-state index in [2.05, 4.69) is 81.6 Å². The number of hydrogen-bond donors (Lipinski definition) is 0. The smallest absolute Gasteiger partial charge is 0.225 e. The molecule has 0 spiro atoms. The van der Waals surface area contributed by atoms with Crippen LogP contribution in [0.4, 0.5) is 5.69 Å². The first-order valence-electron chi connectivity index (χ1n) is 15.3. The minimum absolute atomic E-state index is 0.0976. The Hall–Kier alpha value is -3.16. The lowest BCUT2D eigenvalue weighted by atomic mass is 9.62. The Morgan fingerprint density at radius 3 is 2.32 bits per heavy atom. The molecule has 1 aromatic heterocycles. The summed E-state index contributed by atoms with van der Waals surface area (Å²) < 4.78 is 1.14. The predicted molar refractivity (Wildman–Crippen MR) is 174 cm³/mol. The van der Waals surface area contributed by atoms with Gasteiger partial charge in [-0.3, -0.25) is 0 Å². The van der Waals surface area contributed by atoms with E-state index < -0.39 is 0 Å². The fourth-order valence-electron chi connectivity index (χ4n) is 7.93. The molecule has 2 aromatic carbocycles. The number of thiazole rings is 1. The normalized spacial score (nSPS) is 25.0. The van der Waals surface area contributed by atoms with Crippen molar-refractivity contribution in [1.82, 2.24) is 4.98 Å². The summed E-state index contributed by atoms with van der Waals surface area (Å²) in [7, 11) is 0. The first-order chi connectivity index (χ1) is 19.5. The van der Waals surface area contributed by atoms with Gasteiger partial charge in [-0.1, -0.05) is 65.8 Å². The Kier molecular flexibility index (Phi) is 5.98. The van der Waals surface area contributed by atoms with Gasteiger partial charge < -0.3 is 4.90 Å². The highest BCUT2D eigenvalue weighted by atomic mass is 32.1. The van der Waals surface area contributed by atoms with Crippen molar-refractivity contribution >= 4 is 38.5 Å². The molecule has 0 amide bonds. The van der Waals surface area contributed by atoms with Crippen LogP contribution < -0.4 is 4.90 Å². The number of nitrogens with zero attached hydrogens (tertiary/aromatic N) is 3. The van der Waals surface area contributed by atoms with Crippen LogP contribution in [0.25, 0.3) is 26.3 Å². The molecule has 2 aliphatic heterocycles. The molecule has 41 heavy (non-hydrogen) atoms. The second-order valence-corrected chi connectivity index (χ2v) is 15.7. The molecule has 3 aromatic rings. The van der Waals surface area contributed by atoms with Gasteiger partial charge in [-0.2, -0.15) is 0 Å². The highest BCUT2D eigenvalue weighted by molar-refractivity contribution is 7.19. The van der Waals surface area contributed by atoms with Crippen molar-refractivity contribution in [3.8, 4) is 0 Å². The molecule has 0 N–H and O–H groups in total. The molecule has 1 unspecified atom stereocenters. The Balaban J connectivity index is 1.36. The predicted octanol–water partition coefficient (Wildman–Crippen LogP) is 9.95. The van der Waals surface area contributed by atoms with Crippen LogP contribution in [0, 0.1) is 17.9 Å². The molecule has 3 nitrogen and oxygen atoms in total. The molecule has 210 valence electrons. The number of benzene rings is 2. The molecule has 4 aliphatic rings. The van der Waals surface area contributed by atoms with Gasteiger partial charge in [0.25, 0.3) is 0 Å². The Bertz CT molecular complexity index is 1640. The first-order valence-corrected chi connectivity index (χ1v) is 16.1. The van der Waals surface area contributed by atoms with Crippen molar-refractivity contribution in [3.05, 3.63) is 92.8 Å². The van der Waals surface area contributed by atoms with Crippen LogP contribution in [0.1, 0.15) is 95.3 Å². The fraction of sp³-hybridized carbons (Fsp3) is 0.459. The van der Waals surface area contributed by atoms with Crippen molar-refractivity contribution in [2.45, 2.75) is 84.5 Å². The summed E-state index contributed by atoms with van der Waals surface area (Å²) >= 11 is 1.64. The number of aromatic nitrogens is 1. The molecule has 0 saturated carbocycles. The molecule has 4 heteroatoms. The van der Waals surface area contributed by atoms with Gasteiger partial charge >= 0.3 is 0 Å². The summed E-state index contributed by atoms with van der Waals surface area (Å²) in [6.07, 6.45) is 10.5. The molecule has 0 bridgehead atoms. The highest BCUT2D eigenvalue weighted by Gasteiger charge is 2.42. The van der Waals surface area contributed by atoms with Crippen molar-refractivity contribution in [3.63, 3.8) is 0 Å². The van der Waals surface area contributed by atoms with Crippen LogP contribution in [0.3, 0.4) is 0 Å². The van der Waals surface area contributed by atoms with Crippen LogP contribution in [-0.2, 0) is 10.8 Å². The highest BCUT2D eigenvalue weighted by Crippen LogP contribution is 2.54. The summed E-state index contributed by atoms with van der Waals surface area (Å²) in [5, 5.41) is 0.852. The maximum atomic E-state index is 8.16. The summed E-state index contributed by atoms with van der Waals surface area (Å²) in [6.45, 7) is 25.0. The van der Waals surface area contributed by atoms with Crippen molar-refractivity contribution in [1.29, 1.82) is 0 Å². The third-order valence-electron chi connectivity index (χ3n) is 10.6. The molecule has 1 atom stereocenters. The average Bonchev–Trinajstić information content (AvgIpc) is 3.35. The molecule has 0 fully saturated rings. The summed E-state index contributed by atoms with van der Waals surface area (Å²) in [5.41, 5.74) is 12.2. The van der Waals surface area contributed by atoms with E-state index in [-0.39, 0.29) is 16.2 Å². The summed E-state index contributed by atoms with van der Waals surface area (Å²) in [4.78, 5) is 11.6. The number of para-hydroxylation sites is 1. The zero-order valence-electron chi connectivity index (χ0n) is 25.4. The van der Waals surface area contributed by atoms with Crippen molar-refractivity contribution in [2.75, 3.05) is 18.0 Å². The number of anilines is 1. The second-order valence-electron chi connectivity index (χ2n) is 14.7. The zero-order valence-corrected chi connectivity index (χ0v) is 26.2. The average molecular weight is 560 g/mol. The number of fused-ring (bicyclic) bond motifs is 2. The van der Waals surface area contributed by atoms with E-state index >= 15 is 0 Å². The molecule has 0 saturated heterocycles. The standard InChI is InChI=1S/C37H41N3S/c1-35(2)14-16-40-17-15-36(3,4)29-21-24(20-28(35)33(29)40)23-12-13-27-25(18-23)19-26(22-37(27,5)6)32(38-7)34-39-30-10-8-9-11-31(30)41-34/h8-11,18-21,27H,12-17,22H2,1-6H3/b32-26+. The minimum Gasteiger partial charge on any atom is -0.371 e. The lowest BCUT2D eigenvalue weighted by Crippen LogP contribution is -2.44. The van der Waals surface area contributed by atoms with Crippen molar-refractivity contribution < 1.29 is 0 Å². The van der Waals surface area contributed by atoms with Crippen LogP contribution in [0.2, 0.25) is 0 Å². The largest absolute Gasteiger partial charge is 0.371 e. The van der Waals surface area contributed by atoms with Gasteiger partial charge in [0.2, 0.25) is 5.70 Å². The Morgan fingerprint density at radius 2 is 1.66 bits per heavy atom. The van der Waals surface area contributed by atoms with Gasteiger partial charge in [-0.25, -0.2) is 9.83 Å². The van der Waals surface area contributed by atoms with Gasteiger partial charge in [0.15, 0.2) is 0 Å². The maximum absolute atomic E-state index is 8.16. The van der Waals surface area contributed by atoms with E-state index in [1.54, 1.807) is 11.3 Å². The quantitative estimate of drug-likeness (QED) is 0.291. The topological polar surface area (TPSA) is 20.5 Å². The third kappa shape index (κ3) is 4.31. The molecule has 2 aliphatic carbocycles. The third-order valence-corrected chi connectivity index (χ3v) is 11.6. The van der Waals surface area contributed by atoms with Crippen LogP contribution in [-0.4, -0.2) is 18.1 Å². The molecular weight excluding hydrogens is 518 g/mol. The summed E-state index contributed by atoms with van der Waals surface area (Å²) in [6, 6.07) is 13.3. The fourth-order valence-corrected chi connectivity index (χ4v) is 8.92. The first kappa shape index (κ1) is 26.7. The van der Waals surface area contributed by atoms with E-state index in [1.807, 2.05) is 18.2 Å². The van der Waals surface area contributed by atoms with Gasteiger partial charge in [0, 0.05) is 18.8 Å². The van der Waals surface area contributed by atoms with Crippen LogP contribution in [0.5, 0.6) is 0 Å². The summed E-state index contributed by atoms with van der Waals surface area (Å²) in [5.74, 6) is 0.511. The second kappa shape index (κ2) is 9.17. The molecule has 0 radical (unpaired) electrons. The van der Waals surface area contributed by atoms with Gasteiger partial charge in [0.1, 0.15) is 5.01 Å². The monoisotopic (exact) mass is 559 g/mol. The van der Waals surface area contributed by atoms with Gasteiger partial charge in [-0.15, -0.1) is 11.3 Å². The van der Waals surface area contributed by atoms with E-state index in [9.17, 15) is 0 Å². The van der Waals surface area contributed by atoms with Gasteiger partial charge in [0.05, 0.1) is 16.8 Å². The SMILES string of the molecule is [C-]#[N+]/C(=C1\C=C2C=C(c3cc4c5c(c3)C(C)(C)CCN5CCC4(C)C)CCC2C(C)(C)C1)c1nc2ccccc2s1. The zero-order chi connectivity index (χ0) is 28.7. The number of hydrogen-bond acceptors (Lipinski definition) is 3. The van der Waals surface area contributed by atoms with Crippen LogP contribution >= 0.6 is 11.3 Å². The van der Waals surface area contributed by atoms with Crippen molar-refractivity contribution in [2.24, 2.45) is 11.3 Å². The Morgan fingerprint density at radius 1 is 0.976 bits per heavy atom. The van der Waals surface area contributed by atoms with E-state index in [4.69, 9.17) is 11.6 Å². The van der Waals surface area contributed by atoms with E-state index in [1.165, 1.54) is 59.5 Å². The van der Waals surface area contributed by atoms with E-state index in [0.29, 0.717) is 5.92 Å². The number of allylic oxidation sites excluding steroid dienone is 5. The lowest BCUT2D eigenvalue weighted by molar-refractivity contribution is 0.228. The van der Waals surface area contributed by atoms with Crippen LogP contribution in [0.15, 0.2) is 59.7 Å². The molecule has 3 heterocycles. The lowest BCUT2D eigenvalue weighted by Gasteiger charge is -2.48. The number of rotatable bonds is 2. The molecule has 7 rings (SSSR count). The molecular formula is C37H41N3S. The maximum Gasteiger partial charge on any atom is 0.225 e.